The Morgan fingerprint density at radius 2 is 1.43 bits per heavy atom. The van der Waals surface area contributed by atoms with E-state index >= 15 is 0 Å². The molecule has 2 rings (SSSR count). The molecule has 1 aromatic carbocycles. The van der Waals surface area contributed by atoms with Crippen molar-refractivity contribution in [3.05, 3.63) is 70.8 Å². The summed E-state index contributed by atoms with van der Waals surface area (Å²) in [5.41, 5.74) is -0.516. The highest BCUT2D eigenvalue weighted by Crippen LogP contribution is 2.38. The molecule has 1 aliphatic rings. The van der Waals surface area contributed by atoms with Crippen LogP contribution in [0.15, 0.2) is 59.7 Å². The summed E-state index contributed by atoms with van der Waals surface area (Å²) in [7, 11) is 0. The standard InChI is InChI=1S/C18H17F5/c1-17(2,3)13-8-14(19)10-15(16(20)9-13)11-4-6-12(7-5-11)18(21,22)23/h4-10,15H,1-3H3. The molecule has 0 saturated carbocycles. The second-order valence-corrected chi connectivity index (χ2v) is 6.53. The minimum absolute atomic E-state index is 0.269. The van der Waals surface area contributed by atoms with E-state index in [2.05, 4.69) is 0 Å². The average molecular weight is 328 g/mol. The molecule has 0 amide bonds. The first-order valence-corrected chi connectivity index (χ1v) is 7.12. The Morgan fingerprint density at radius 3 is 1.91 bits per heavy atom. The molecule has 5 heteroatoms. The van der Waals surface area contributed by atoms with Crippen LogP contribution in [0.2, 0.25) is 0 Å². The molecule has 1 aliphatic carbocycles. The van der Waals surface area contributed by atoms with Gasteiger partial charge in [0.25, 0.3) is 0 Å². The van der Waals surface area contributed by atoms with Gasteiger partial charge in [0.05, 0.1) is 11.5 Å². The Kier molecular flexibility index (Phi) is 4.51. The fourth-order valence-electron chi connectivity index (χ4n) is 2.28. The van der Waals surface area contributed by atoms with E-state index in [1.807, 2.05) is 20.8 Å². The maximum atomic E-state index is 14.5. The van der Waals surface area contributed by atoms with Gasteiger partial charge in [-0.05, 0) is 46.9 Å². The highest BCUT2D eigenvalue weighted by Gasteiger charge is 2.30. The fraction of sp³-hybridized carbons (Fsp3) is 0.333. The largest absolute Gasteiger partial charge is 0.416 e. The maximum absolute atomic E-state index is 14.5. The van der Waals surface area contributed by atoms with E-state index in [0.29, 0.717) is 5.57 Å². The maximum Gasteiger partial charge on any atom is 0.416 e. The zero-order chi connectivity index (χ0) is 17.4. The minimum Gasteiger partial charge on any atom is -0.211 e. The van der Waals surface area contributed by atoms with Crippen molar-refractivity contribution >= 4 is 0 Å². The zero-order valence-electron chi connectivity index (χ0n) is 13.0. The Balaban J connectivity index is 2.40. The lowest BCUT2D eigenvalue weighted by molar-refractivity contribution is -0.137. The number of alkyl halides is 3. The summed E-state index contributed by atoms with van der Waals surface area (Å²) in [6.45, 7) is 5.48. The van der Waals surface area contributed by atoms with Crippen LogP contribution in [0, 0.1) is 5.41 Å². The molecule has 0 fully saturated rings. The third-order valence-corrected chi connectivity index (χ3v) is 3.67. The third-order valence-electron chi connectivity index (χ3n) is 3.67. The van der Waals surface area contributed by atoms with Crippen LogP contribution >= 0.6 is 0 Å². The molecule has 0 bridgehead atoms. The van der Waals surface area contributed by atoms with Crippen LogP contribution in [0.3, 0.4) is 0 Å². The average Bonchev–Trinajstić information content (AvgIpc) is 2.57. The summed E-state index contributed by atoms with van der Waals surface area (Å²) in [5.74, 6) is -2.24. The van der Waals surface area contributed by atoms with E-state index in [-0.39, 0.29) is 5.56 Å². The summed E-state index contributed by atoms with van der Waals surface area (Å²) >= 11 is 0. The summed E-state index contributed by atoms with van der Waals surface area (Å²) in [6, 6.07) is 4.09. The Labute approximate surface area is 132 Å². The highest BCUT2D eigenvalue weighted by molar-refractivity contribution is 5.43. The first kappa shape index (κ1) is 17.4. The van der Waals surface area contributed by atoms with E-state index < -0.39 is 34.7 Å². The molecule has 0 radical (unpaired) electrons. The molecule has 0 nitrogen and oxygen atoms in total. The van der Waals surface area contributed by atoms with Gasteiger partial charge in [0, 0.05) is 0 Å². The van der Waals surface area contributed by atoms with E-state index in [4.69, 9.17) is 0 Å². The number of hydrogen-bond acceptors (Lipinski definition) is 0. The quantitative estimate of drug-likeness (QED) is 0.517. The Bertz CT molecular complexity index is 667. The first-order valence-electron chi connectivity index (χ1n) is 7.12. The fourth-order valence-corrected chi connectivity index (χ4v) is 2.28. The van der Waals surface area contributed by atoms with Gasteiger partial charge >= 0.3 is 6.18 Å². The van der Waals surface area contributed by atoms with Crippen molar-refractivity contribution in [2.24, 2.45) is 5.41 Å². The van der Waals surface area contributed by atoms with Gasteiger partial charge in [0.2, 0.25) is 0 Å². The van der Waals surface area contributed by atoms with Crippen LogP contribution in [0.25, 0.3) is 0 Å². The third kappa shape index (κ3) is 4.09. The molecule has 0 spiro atoms. The predicted molar refractivity (Wildman–Crippen MR) is 80.1 cm³/mol. The van der Waals surface area contributed by atoms with Crippen LogP contribution < -0.4 is 0 Å². The zero-order valence-corrected chi connectivity index (χ0v) is 13.0. The van der Waals surface area contributed by atoms with Crippen molar-refractivity contribution in [1.29, 1.82) is 0 Å². The van der Waals surface area contributed by atoms with Gasteiger partial charge in [-0.3, -0.25) is 0 Å². The van der Waals surface area contributed by atoms with E-state index in [1.165, 1.54) is 24.3 Å². The van der Waals surface area contributed by atoms with Gasteiger partial charge in [-0.15, -0.1) is 0 Å². The van der Waals surface area contributed by atoms with Crippen LogP contribution in [-0.2, 0) is 6.18 Å². The molecule has 0 N–H and O–H groups in total. The lowest BCUT2D eigenvalue weighted by atomic mass is 9.85. The number of halogens is 5. The van der Waals surface area contributed by atoms with Gasteiger partial charge in [0.1, 0.15) is 11.7 Å². The summed E-state index contributed by atoms with van der Waals surface area (Å²) in [4.78, 5) is 0. The molecule has 23 heavy (non-hydrogen) atoms. The normalized spacial score (nSPS) is 19.7. The van der Waals surface area contributed by atoms with Gasteiger partial charge in [-0.1, -0.05) is 32.9 Å². The van der Waals surface area contributed by atoms with E-state index in [9.17, 15) is 22.0 Å². The molecular formula is C18H17F5. The van der Waals surface area contributed by atoms with Crippen molar-refractivity contribution in [1.82, 2.24) is 0 Å². The molecule has 124 valence electrons. The second-order valence-electron chi connectivity index (χ2n) is 6.53. The molecule has 0 aromatic heterocycles. The lowest BCUT2D eigenvalue weighted by Crippen LogP contribution is -2.08. The SMILES string of the molecule is CC(C)(C)C1=CC(F)=CC(c2ccc(C(F)(F)F)cc2)C(F)=C1. The Morgan fingerprint density at radius 1 is 0.870 bits per heavy atom. The first-order chi connectivity index (χ1) is 10.5. The second kappa shape index (κ2) is 5.95. The van der Waals surface area contributed by atoms with Gasteiger partial charge in [0.15, 0.2) is 0 Å². The van der Waals surface area contributed by atoms with Crippen molar-refractivity contribution in [2.75, 3.05) is 0 Å². The minimum atomic E-state index is -4.46. The molecule has 1 aromatic rings. The molecule has 0 aliphatic heterocycles. The van der Waals surface area contributed by atoms with Crippen LogP contribution in [0.1, 0.15) is 37.8 Å². The summed E-state index contributed by atoms with van der Waals surface area (Å²) in [5, 5.41) is 0. The van der Waals surface area contributed by atoms with Crippen LogP contribution in [0.5, 0.6) is 0 Å². The molecule has 0 heterocycles. The van der Waals surface area contributed by atoms with Crippen molar-refractivity contribution in [3.8, 4) is 0 Å². The Hall–Kier alpha value is -1.91. The van der Waals surface area contributed by atoms with Crippen LogP contribution in [-0.4, -0.2) is 0 Å². The summed E-state index contributed by atoms with van der Waals surface area (Å²) in [6.07, 6.45) is -0.874. The van der Waals surface area contributed by atoms with Gasteiger partial charge in [-0.2, -0.15) is 13.2 Å². The van der Waals surface area contributed by atoms with E-state index in [0.717, 1.165) is 18.2 Å². The van der Waals surface area contributed by atoms with Gasteiger partial charge < -0.3 is 0 Å². The number of benzene rings is 1. The van der Waals surface area contributed by atoms with Crippen molar-refractivity contribution in [3.63, 3.8) is 0 Å². The van der Waals surface area contributed by atoms with E-state index in [1.54, 1.807) is 0 Å². The topological polar surface area (TPSA) is 0 Å². The molecular weight excluding hydrogens is 311 g/mol. The molecule has 1 atom stereocenters. The molecule has 0 saturated heterocycles. The van der Waals surface area contributed by atoms with Crippen molar-refractivity contribution in [2.45, 2.75) is 32.9 Å². The highest BCUT2D eigenvalue weighted by atomic mass is 19.4. The lowest BCUT2D eigenvalue weighted by Gasteiger charge is -2.20. The van der Waals surface area contributed by atoms with Crippen molar-refractivity contribution < 1.29 is 22.0 Å². The predicted octanol–water partition coefficient (Wildman–Crippen LogP) is 6.48. The monoisotopic (exact) mass is 328 g/mol. The van der Waals surface area contributed by atoms with Crippen LogP contribution in [0.4, 0.5) is 22.0 Å². The summed E-state index contributed by atoms with van der Waals surface area (Å²) < 4.78 is 66.2. The molecule has 1 unspecified atom stereocenters. The number of rotatable bonds is 1. The smallest absolute Gasteiger partial charge is 0.211 e. The van der Waals surface area contributed by atoms with Gasteiger partial charge in [-0.25, -0.2) is 8.78 Å². The number of allylic oxidation sites excluding steroid dienone is 6. The number of hydrogen-bond donors (Lipinski definition) is 0.